The van der Waals surface area contributed by atoms with Crippen LogP contribution >= 0.6 is 0 Å². The van der Waals surface area contributed by atoms with Crippen molar-refractivity contribution < 1.29 is 8.78 Å². The van der Waals surface area contributed by atoms with Gasteiger partial charge in [-0.2, -0.15) is 0 Å². The van der Waals surface area contributed by atoms with Crippen molar-refractivity contribution in [3.05, 3.63) is 34.9 Å². The molecule has 0 spiro atoms. The van der Waals surface area contributed by atoms with Crippen LogP contribution in [-0.4, -0.2) is 31.1 Å². The van der Waals surface area contributed by atoms with E-state index in [0.29, 0.717) is 17.7 Å². The third-order valence-electron chi connectivity index (χ3n) is 4.38. The molecule has 0 aliphatic heterocycles. The predicted octanol–water partition coefficient (Wildman–Crippen LogP) is 3.65. The maximum atomic E-state index is 14.3. The molecule has 20 heavy (non-hydrogen) atoms. The molecule has 1 N–H and O–H groups in total. The fourth-order valence-electron chi connectivity index (χ4n) is 2.53. The summed E-state index contributed by atoms with van der Waals surface area (Å²) in [5, 5.41) is 3.31. The molecule has 0 radical (unpaired) electrons. The van der Waals surface area contributed by atoms with E-state index in [1.807, 2.05) is 21.0 Å². The van der Waals surface area contributed by atoms with Crippen molar-refractivity contribution in [1.82, 2.24) is 10.2 Å². The zero-order valence-electron chi connectivity index (χ0n) is 13.3. The molecule has 0 aliphatic carbocycles. The van der Waals surface area contributed by atoms with Crippen LogP contribution in [-0.2, 0) is 0 Å². The molecule has 0 aliphatic rings. The smallest absolute Gasteiger partial charge is 0.163 e. The molecule has 0 aromatic heterocycles. The van der Waals surface area contributed by atoms with E-state index in [4.69, 9.17) is 0 Å². The molecule has 1 aromatic rings. The summed E-state index contributed by atoms with van der Waals surface area (Å²) in [4.78, 5) is 2.07. The third kappa shape index (κ3) is 3.01. The Hall–Kier alpha value is -1.00. The van der Waals surface area contributed by atoms with E-state index >= 15 is 0 Å². The first-order valence-electron chi connectivity index (χ1n) is 7.14. The highest BCUT2D eigenvalue weighted by molar-refractivity contribution is 5.30. The summed E-state index contributed by atoms with van der Waals surface area (Å²) in [6, 6.07) is 3.07. The van der Waals surface area contributed by atoms with Crippen LogP contribution in [0.5, 0.6) is 0 Å². The molecule has 0 fully saturated rings. The Balaban J connectivity index is 3.38. The van der Waals surface area contributed by atoms with Crippen molar-refractivity contribution in [1.29, 1.82) is 0 Å². The van der Waals surface area contributed by atoms with Crippen LogP contribution in [0.2, 0.25) is 0 Å². The number of halogens is 2. The molecule has 0 bridgehead atoms. The van der Waals surface area contributed by atoms with Gasteiger partial charge >= 0.3 is 0 Å². The summed E-state index contributed by atoms with van der Waals surface area (Å²) in [5.41, 5.74) is 0.441. The molecule has 2 unspecified atom stereocenters. The molecule has 114 valence electrons. The molecular weight excluding hydrogens is 258 g/mol. The van der Waals surface area contributed by atoms with Gasteiger partial charge in [0.1, 0.15) is 0 Å². The highest BCUT2D eigenvalue weighted by atomic mass is 19.2. The van der Waals surface area contributed by atoms with Gasteiger partial charge < -0.3 is 10.2 Å². The largest absolute Gasteiger partial charge is 0.309 e. The highest BCUT2D eigenvalue weighted by Crippen LogP contribution is 2.35. The number of hydrogen-bond acceptors (Lipinski definition) is 2. The Bertz CT molecular complexity index is 460. The minimum Gasteiger partial charge on any atom is -0.309 e. The van der Waals surface area contributed by atoms with Gasteiger partial charge in [0.15, 0.2) is 11.6 Å². The Morgan fingerprint density at radius 3 is 2.25 bits per heavy atom. The van der Waals surface area contributed by atoms with Crippen molar-refractivity contribution in [2.45, 2.75) is 45.7 Å². The number of nitrogens with zero attached hydrogens (tertiary/aromatic N) is 1. The minimum absolute atomic E-state index is 0.261. The van der Waals surface area contributed by atoms with Crippen LogP contribution in [0.3, 0.4) is 0 Å². The molecule has 0 saturated heterocycles. The molecule has 2 nitrogen and oxygen atoms in total. The first kappa shape index (κ1) is 17.1. The lowest BCUT2D eigenvalue weighted by atomic mass is 9.83. The van der Waals surface area contributed by atoms with Gasteiger partial charge in [0.05, 0.1) is 6.04 Å². The Kier molecular flexibility index (Phi) is 5.66. The van der Waals surface area contributed by atoms with Gasteiger partial charge in [-0.25, -0.2) is 8.78 Å². The van der Waals surface area contributed by atoms with Gasteiger partial charge in [0.2, 0.25) is 0 Å². The average molecular weight is 284 g/mol. The number of hydrogen-bond donors (Lipinski definition) is 1. The summed E-state index contributed by atoms with van der Waals surface area (Å²) in [6.07, 6.45) is 0.826. The molecule has 0 amide bonds. The molecule has 1 aromatic carbocycles. The van der Waals surface area contributed by atoms with Crippen molar-refractivity contribution in [3.8, 4) is 0 Å². The average Bonchev–Trinajstić information content (AvgIpc) is 2.42. The second kappa shape index (κ2) is 6.64. The zero-order valence-corrected chi connectivity index (χ0v) is 13.3. The Labute approximate surface area is 121 Å². The second-order valence-corrected chi connectivity index (χ2v) is 5.70. The highest BCUT2D eigenvalue weighted by Gasteiger charge is 2.37. The molecular formula is C16H26F2N2. The van der Waals surface area contributed by atoms with E-state index in [2.05, 4.69) is 24.1 Å². The molecule has 0 heterocycles. The summed E-state index contributed by atoms with van der Waals surface area (Å²) < 4.78 is 28.2. The topological polar surface area (TPSA) is 15.3 Å². The Morgan fingerprint density at radius 1 is 1.20 bits per heavy atom. The van der Waals surface area contributed by atoms with Gasteiger partial charge in [-0.3, -0.25) is 0 Å². The quantitative estimate of drug-likeness (QED) is 0.857. The third-order valence-corrected chi connectivity index (χ3v) is 4.38. The maximum Gasteiger partial charge on any atom is 0.163 e. The van der Waals surface area contributed by atoms with Gasteiger partial charge in [-0.15, -0.1) is 0 Å². The van der Waals surface area contributed by atoms with Gasteiger partial charge in [0.25, 0.3) is 0 Å². The van der Waals surface area contributed by atoms with Gasteiger partial charge in [-0.05, 0) is 46.5 Å². The summed E-state index contributed by atoms with van der Waals surface area (Å²) in [6.45, 7) is 8.38. The molecule has 0 saturated carbocycles. The van der Waals surface area contributed by atoms with Crippen LogP contribution < -0.4 is 5.32 Å². The van der Waals surface area contributed by atoms with Gasteiger partial charge in [0, 0.05) is 11.1 Å². The molecule has 1 rings (SSSR count). The van der Waals surface area contributed by atoms with E-state index in [9.17, 15) is 8.78 Å². The van der Waals surface area contributed by atoms with E-state index in [1.165, 1.54) is 0 Å². The summed E-state index contributed by atoms with van der Waals surface area (Å²) >= 11 is 0. The molecule has 4 heteroatoms. The van der Waals surface area contributed by atoms with Crippen molar-refractivity contribution >= 4 is 0 Å². The number of nitrogens with one attached hydrogen (secondary N) is 1. The lowest BCUT2D eigenvalue weighted by Crippen LogP contribution is -2.51. The van der Waals surface area contributed by atoms with E-state index < -0.39 is 11.6 Å². The minimum atomic E-state index is -0.748. The Morgan fingerprint density at radius 2 is 1.80 bits per heavy atom. The number of likely N-dealkylation sites (N-methyl/N-ethyl adjacent to an activating group) is 2. The SMILES string of the molecule is CCNC(c1ccc(C)c(F)c1F)C(C)(CC)N(C)C. The van der Waals surface area contributed by atoms with Crippen LogP contribution in [0.25, 0.3) is 0 Å². The fourth-order valence-corrected chi connectivity index (χ4v) is 2.53. The van der Waals surface area contributed by atoms with Gasteiger partial charge in [-0.1, -0.05) is 26.0 Å². The van der Waals surface area contributed by atoms with E-state index in [-0.39, 0.29) is 11.6 Å². The monoisotopic (exact) mass is 284 g/mol. The van der Waals surface area contributed by atoms with Crippen LogP contribution in [0, 0.1) is 18.6 Å². The van der Waals surface area contributed by atoms with Crippen LogP contribution in [0.1, 0.15) is 44.4 Å². The zero-order chi connectivity index (χ0) is 15.5. The first-order chi connectivity index (χ1) is 9.29. The number of aryl methyl sites for hydroxylation is 1. The van der Waals surface area contributed by atoms with E-state index in [0.717, 1.165) is 6.42 Å². The lowest BCUT2D eigenvalue weighted by Gasteiger charge is -2.43. The van der Waals surface area contributed by atoms with Crippen LogP contribution in [0.4, 0.5) is 8.78 Å². The van der Waals surface area contributed by atoms with E-state index in [1.54, 1.807) is 19.1 Å². The first-order valence-corrected chi connectivity index (χ1v) is 7.14. The predicted molar refractivity (Wildman–Crippen MR) is 79.9 cm³/mol. The van der Waals surface area contributed by atoms with Crippen molar-refractivity contribution in [2.24, 2.45) is 0 Å². The second-order valence-electron chi connectivity index (χ2n) is 5.70. The fraction of sp³-hybridized carbons (Fsp3) is 0.625. The maximum absolute atomic E-state index is 14.3. The molecule has 2 atom stereocenters. The lowest BCUT2D eigenvalue weighted by molar-refractivity contribution is 0.111. The normalized spacial score (nSPS) is 16.2. The summed E-state index contributed by atoms with van der Waals surface area (Å²) in [5.74, 6) is -1.49. The summed E-state index contributed by atoms with van der Waals surface area (Å²) in [7, 11) is 3.94. The number of benzene rings is 1. The van der Waals surface area contributed by atoms with Crippen LogP contribution in [0.15, 0.2) is 12.1 Å². The number of rotatable bonds is 6. The van der Waals surface area contributed by atoms with Crippen molar-refractivity contribution in [2.75, 3.05) is 20.6 Å². The van der Waals surface area contributed by atoms with Crippen molar-refractivity contribution in [3.63, 3.8) is 0 Å². The standard InChI is InChI=1S/C16H26F2N2/c1-7-16(4,20(5)6)15(19-8-2)12-10-9-11(3)13(17)14(12)18/h9-10,15,19H,7-8H2,1-6H3.